The topological polar surface area (TPSA) is 20.2 Å². The summed E-state index contributed by atoms with van der Waals surface area (Å²) in [5, 5.41) is 5.48. The Morgan fingerprint density at radius 2 is 2.14 bits per heavy atom. The van der Waals surface area contributed by atoms with Crippen LogP contribution in [0.5, 0.6) is 0 Å². The van der Waals surface area contributed by atoms with Crippen molar-refractivity contribution in [2.24, 2.45) is 0 Å². The van der Waals surface area contributed by atoms with Gasteiger partial charge in [0.25, 0.3) is 0 Å². The normalized spacial score (nSPS) is 14.1. The van der Waals surface area contributed by atoms with Crippen LogP contribution in [0.2, 0.25) is 0 Å². The van der Waals surface area contributed by atoms with Crippen LogP contribution in [0.1, 0.15) is 11.1 Å². The van der Waals surface area contributed by atoms with E-state index in [9.17, 15) is 8.78 Å². The predicted octanol–water partition coefficient (Wildman–Crippen LogP) is 2.73. The molecule has 1 rings (SSSR count). The molecule has 0 heterocycles. The number of alkyl halides is 3. The summed E-state index contributed by atoms with van der Waals surface area (Å²) in [5.74, 6) is 0. The number of hydrogen-bond acceptors (Lipinski definition) is 1. The van der Waals surface area contributed by atoms with E-state index in [4.69, 9.17) is 5.11 Å². The van der Waals surface area contributed by atoms with E-state index in [2.05, 4.69) is 11.6 Å². The predicted molar refractivity (Wildman–Crippen MR) is 51.7 cm³/mol. The SMILES string of the molecule is Cc1cccc(CC(O)C(F)(F)Cl)c1. The quantitative estimate of drug-likeness (QED) is 0.777. The molecule has 1 N–H and O–H groups in total. The lowest BCUT2D eigenvalue weighted by atomic mass is 10.1. The van der Waals surface area contributed by atoms with Gasteiger partial charge >= 0.3 is 5.38 Å². The van der Waals surface area contributed by atoms with Crippen LogP contribution in [0.25, 0.3) is 0 Å². The molecule has 0 radical (unpaired) electrons. The highest BCUT2D eigenvalue weighted by Crippen LogP contribution is 2.26. The molecule has 0 saturated carbocycles. The number of aliphatic hydroxyl groups excluding tert-OH is 1. The van der Waals surface area contributed by atoms with Crippen molar-refractivity contribution < 1.29 is 13.9 Å². The lowest BCUT2D eigenvalue weighted by Gasteiger charge is -2.15. The first-order chi connectivity index (χ1) is 6.39. The van der Waals surface area contributed by atoms with E-state index in [1.54, 1.807) is 18.2 Å². The van der Waals surface area contributed by atoms with E-state index < -0.39 is 11.5 Å². The van der Waals surface area contributed by atoms with Gasteiger partial charge in [-0.3, -0.25) is 0 Å². The summed E-state index contributed by atoms with van der Waals surface area (Å²) in [5.41, 5.74) is 1.62. The lowest BCUT2D eigenvalue weighted by molar-refractivity contribution is -0.0397. The van der Waals surface area contributed by atoms with Crippen molar-refractivity contribution in [3.05, 3.63) is 35.4 Å². The highest BCUT2D eigenvalue weighted by Gasteiger charge is 2.35. The zero-order chi connectivity index (χ0) is 10.8. The van der Waals surface area contributed by atoms with E-state index in [1.807, 2.05) is 13.0 Å². The fraction of sp³-hybridized carbons (Fsp3) is 0.400. The molecule has 1 atom stereocenters. The van der Waals surface area contributed by atoms with Gasteiger partial charge in [-0.1, -0.05) is 29.8 Å². The van der Waals surface area contributed by atoms with Crippen LogP contribution >= 0.6 is 11.6 Å². The summed E-state index contributed by atoms with van der Waals surface area (Å²) in [6.45, 7) is 1.86. The first-order valence-corrected chi connectivity index (χ1v) is 4.57. The average molecular weight is 221 g/mol. The Bertz CT molecular complexity index is 309. The summed E-state index contributed by atoms with van der Waals surface area (Å²) in [7, 11) is 0. The van der Waals surface area contributed by atoms with Crippen molar-refractivity contribution in [1.29, 1.82) is 0 Å². The van der Waals surface area contributed by atoms with Gasteiger partial charge in [-0.25, -0.2) is 0 Å². The van der Waals surface area contributed by atoms with Gasteiger partial charge in [-0.2, -0.15) is 8.78 Å². The molecule has 0 bridgehead atoms. The molecule has 0 fully saturated rings. The Kier molecular flexibility index (Phi) is 3.45. The molecule has 0 spiro atoms. The van der Waals surface area contributed by atoms with E-state index in [-0.39, 0.29) is 6.42 Å². The van der Waals surface area contributed by atoms with E-state index in [0.29, 0.717) is 5.56 Å². The van der Waals surface area contributed by atoms with Crippen molar-refractivity contribution in [2.75, 3.05) is 0 Å². The first kappa shape index (κ1) is 11.4. The zero-order valence-corrected chi connectivity index (χ0v) is 8.43. The molecule has 14 heavy (non-hydrogen) atoms. The Morgan fingerprint density at radius 1 is 1.50 bits per heavy atom. The molecule has 0 aliphatic rings. The fourth-order valence-electron chi connectivity index (χ4n) is 1.18. The molecule has 0 aromatic heterocycles. The highest BCUT2D eigenvalue weighted by atomic mass is 35.5. The number of benzene rings is 1. The molecule has 1 aromatic rings. The van der Waals surface area contributed by atoms with Crippen molar-refractivity contribution in [2.45, 2.75) is 24.8 Å². The third-order valence-electron chi connectivity index (χ3n) is 1.89. The molecule has 1 unspecified atom stereocenters. The van der Waals surface area contributed by atoms with Gasteiger partial charge in [0.05, 0.1) is 0 Å². The molecule has 0 amide bonds. The highest BCUT2D eigenvalue weighted by molar-refractivity contribution is 6.22. The molecule has 1 aromatic carbocycles. The number of hydrogen-bond donors (Lipinski definition) is 1. The second-order valence-corrected chi connectivity index (χ2v) is 3.75. The minimum Gasteiger partial charge on any atom is -0.385 e. The Labute approximate surface area is 86.3 Å². The van der Waals surface area contributed by atoms with E-state index in [0.717, 1.165) is 5.56 Å². The van der Waals surface area contributed by atoms with Gasteiger partial charge < -0.3 is 5.11 Å². The molecule has 78 valence electrons. The van der Waals surface area contributed by atoms with Gasteiger partial charge in [0.2, 0.25) is 0 Å². The van der Waals surface area contributed by atoms with Gasteiger partial charge in [-0.15, -0.1) is 0 Å². The van der Waals surface area contributed by atoms with Crippen LogP contribution in [0, 0.1) is 6.92 Å². The third kappa shape index (κ3) is 3.24. The molecule has 0 aliphatic carbocycles. The minimum atomic E-state index is -3.57. The largest absolute Gasteiger partial charge is 0.385 e. The van der Waals surface area contributed by atoms with Crippen LogP contribution in [0.15, 0.2) is 24.3 Å². The van der Waals surface area contributed by atoms with Gasteiger partial charge in [0, 0.05) is 6.42 Å². The average Bonchev–Trinajstić information content (AvgIpc) is 2.02. The Morgan fingerprint density at radius 3 is 2.64 bits per heavy atom. The number of aryl methyl sites for hydroxylation is 1. The maximum Gasteiger partial charge on any atom is 0.347 e. The second kappa shape index (κ2) is 4.24. The van der Waals surface area contributed by atoms with Crippen molar-refractivity contribution in [1.82, 2.24) is 0 Å². The van der Waals surface area contributed by atoms with Crippen molar-refractivity contribution in [3.63, 3.8) is 0 Å². The van der Waals surface area contributed by atoms with Crippen LogP contribution in [-0.2, 0) is 6.42 Å². The molecule has 4 heteroatoms. The minimum absolute atomic E-state index is 0.141. The fourth-order valence-corrected chi connectivity index (χ4v) is 1.26. The monoisotopic (exact) mass is 220 g/mol. The summed E-state index contributed by atoms with van der Waals surface area (Å²) in [6.07, 6.45) is -1.98. The van der Waals surface area contributed by atoms with Crippen molar-refractivity contribution >= 4 is 11.6 Å². The maximum absolute atomic E-state index is 12.4. The zero-order valence-electron chi connectivity index (χ0n) is 7.67. The summed E-state index contributed by atoms with van der Waals surface area (Å²) in [6, 6.07) is 7.03. The molecule has 0 aliphatic heterocycles. The van der Waals surface area contributed by atoms with Gasteiger partial charge in [-0.05, 0) is 24.1 Å². The summed E-state index contributed by atoms with van der Waals surface area (Å²) < 4.78 is 24.8. The van der Waals surface area contributed by atoms with Crippen molar-refractivity contribution in [3.8, 4) is 0 Å². The summed E-state index contributed by atoms with van der Waals surface area (Å²) >= 11 is 4.69. The van der Waals surface area contributed by atoms with Crippen LogP contribution in [0.3, 0.4) is 0 Å². The number of halogens is 3. The van der Waals surface area contributed by atoms with Crippen LogP contribution in [0.4, 0.5) is 8.78 Å². The van der Waals surface area contributed by atoms with E-state index >= 15 is 0 Å². The van der Waals surface area contributed by atoms with Crippen LogP contribution < -0.4 is 0 Å². The van der Waals surface area contributed by atoms with Gasteiger partial charge in [0.15, 0.2) is 0 Å². The second-order valence-electron chi connectivity index (χ2n) is 3.25. The Hall–Kier alpha value is -0.670. The smallest absolute Gasteiger partial charge is 0.347 e. The Balaban J connectivity index is 2.70. The maximum atomic E-state index is 12.4. The summed E-state index contributed by atoms with van der Waals surface area (Å²) in [4.78, 5) is 0. The lowest BCUT2D eigenvalue weighted by Crippen LogP contribution is -2.29. The van der Waals surface area contributed by atoms with Gasteiger partial charge in [0.1, 0.15) is 6.10 Å². The van der Waals surface area contributed by atoms with Crippen LogP contribution in [-0.4, -0.2) is 16.6 Å². The molecular weight excluding hydrogens is 210 g/mol. The number of rotatable bonds is 3. The first-order valence-electron chi connectivity index (χ1n) is 4.20. The molecular formula is C10H11ClF2O. The van der Waals surface area contributed by atoms with E-state index in [1.165, 1.54) is 0 Å². The third-order valence-corrected chi connectivity index (χ3v) is 2.14. The molecule has 0 saturated heterocycles. The molecule has 1 nitrogen and oxygen atoms in total. The number of aliphatic hydroxyl groups is 1. The standard InChI is InChI=1S/C10H11ClF2O/c1-7-3-2-4-8(5-7)6-9(14)10(11,12)13/h2-5,9,14H,6H2,1H3.